The number of hydrogen-bond donors (Lipinski definition) is 2. The van der Waals surface area contributed by atoms with Gasteiger partial charge in [0.1, 0.15) is 0 Å². The van der Waals surface area contributed by atoms with Crippen LogP contribution in [0.4, 0.5) is 10.5 Å². The number of carbonyl (C=O) groups excluding carboxylic acids is 1. The van der Waals surface area contributed by atoms with Crippen molar-refractivity contribution >= 4 is 17.7 Å². The number of nitrogens with two attached hydrogens (primary N) is 2. The van der Waals surface area contributed by atoms with Crippen LogP contribution in [0.3, 0.4) is 0 Å². The summed E-state index contributed by atoms with van der Waals surface area (Å²) < 4.78 is 0. The quantitative estimate of drug-likeness (QED) is 0.643. The molecule has 0 fully saturated rings. The SMILES string of the molecule is CCCc1cc(CC)ccc1N(C)C(=O)N=C(N)N. The summed E-state index contributed by atoms with van der Waals surface area (Å²) in [5, 5.41) is 0. The largest absolute Gasteiger partial charge is 0.370 e. The molecule has 0 aliphatic heterocycles. The molecular weight excluding hydrogens is 240 g/mol. The monoisotopic (exact) mass is 262 g/mol. The van der Waals surface area contributed by atoms with Crippen LogP contribution in [0.1, 0.15) is 31.4 Å². The Labute approximate surface area is 114 Å². The number of aliphatic imine (C=N–C) groups is 1. The Morgan fingerprint density at radius 3 is 2.53 bits per heavy atom. The molecule has 0 radical (unpaired) electrons. The fourth-order valence-electron chi connectivity index (χ4n) is 1.94. The summed E-state index contributed by atoms with van der Waals surface area (Å²) >= 11 is 0. The van der Waals surface area contributed by atoms with Crippen LogP contribution in [0.25, 0.3) is 0 Å². The minimum atomic E-state index is -0.457. The Bertz CT molecular complexity index is 478. The lowest BCUT2D eigenvalue weighted by molar-refractivity contribution is 0.255. The summed E-state index contributed by atoms with van der Waals surface area (Å²) in [5.41, 5.74) is 13.7. The molecule has 1 aromatic rings. The molecule has 1 aromatic carbocycles. The third-order valence-corrected chi connectivity index (χ3v) is 2.94. The predicted molar refractivity (Wildman–Crippen MR) is 79.4 cm³/mol. The van der Waals surface area contributed by atoms with Crippen molar-refractivity contribution < 1.29 is 4.79 Å². The van der Waals surface area contributed by atoms with Gasteiger partial charge < -0.3 is 11.5 Å². The molecule has 0 aliphatic rings. The second kappa shape index (κ2) is 6.78. The first kappa shape index (κ1) is 15.0. The van der Waals surface area contributed by atoms with E-state index >= 15 is 0 Å². The van der Waals surface area contributed by atoms with E-state index in [4.69, 9.17) is 11.5 Å². The maximum absolute atomic E-state index is 11.8. The van der Waals surface area contributed by atoms with Crippen LogP contribution in [-0.4, -0.2) is 19.0 Å². The molecule has 104 valence electrons. The first-order valence-corrected chi connectivity index (χ1v) is 6.48. The second-order valence-corrected chi connectivity index (χ2v) is 4.44. The first-order valence-electron chi connectivity index (χ1n) is 6.48. The van der Waals surface area contributed by atoms with Gasteiger partial charge in [0.05, 0.1) is 0 Å². The van der Waals surface area contributed by atoms with Crippen molar-refractivity contribution in [1.82, 2.24) is 0 Å². The standard InChI is InChI=1S/C14H22N4O/c1-4-6-11-9-10(5-2)7-8-12(11)18(3)14(19)17-13(15)16/h7-9H,4-6H2,1-3H3,(H4,15,16,17,19). The smallest absolute Gasteiger partial charge is 0.350 e. The third-order valence-electron chi connectivity index (χ3n) is 2.94. The zero-order valence-electron chi connectivity index (χ0n) is 11.8. The minimum absolute atomic E-state index is 0.223. The molecule has 0 saturated heterocycles. The Kier molecular flexibility index (Phi) is 5.36. The molecule has 2 amide bonds. The number of anilines is 1. The molecule has 0 spiro atoms. The van der Waals surface area contributed by atoms with Gasteiger partial charge in [-0.2, -0.15) is 4.99 Å². The Morgan fingerprint density at radius 1 is 1.32 bits per heavy atom. The van der Waals surface area contributed by atoms with Gasteiger partial charge in [0.15, 0.2) is 5.96 Å². The molecule has 5 heteroatoms. The number of benzene rings is 1. The second-order valence-electron chi connectivity index (χ2n) is 4.44. The first-order chi connectivity index (χ1) is 8.99. The lowest BCUT2D eigenvalue weighted by Crippen LogP contribution is -2.30. The van der Waals surface area contributed by atoms with E-state index in [1.807, 2.05) is 12.1 Å². The van der Waals surface area contributed by atoms with Gasteiger partial charge in [-0.05, 0) is 30.0 Å². The number of rotatable bonds is 4. The molecule has 5 nitrogen and oxygen atoms in total. The van der Waals surface area contributed by atoms with Crippen LogP contribution < -0.4 is 16.4 Å². The van der Waals surface area contributed by atoms with E-state index in [2.05, 4.69) is 24.9 Å². The molecule has 0 bridgehead atoms. The number of hydrogen-bond acceptors (Lipinski definition) is 1. The maximum Gasteiger partial charge on any atom is 0.350 e. The lowest BCUT2D eigenvalue weighted by atomic mass is 10.0. The zero-order chi connectivity index (χ0) is 14.4. The van der Waals surface area contributed by atoms with E-state index < -0.39 is 6.03 Å². The Morgan fingerprint density at radius 2 is 2.00 bits per heavy atom. The summed E-state index contributed by atoms with van der Waals surface area (Å²) in [6, 6.07) is 5.65. The average Bonchev–Trinajstić information content (AvgIpc) is 2.37. The van der Waals surface area contributed by atoms with Crippen molar-refractivity contribution in [3.8, 4) is 0 Å². The van der Waals surface area contributed by atoms with Crippen LogP contribution >= 0.6 is 0 Å². The van der Waals surface area contributed by atoms with E-state index in [9.17, 15) is 4.79 Å². The molecule has 0 aliphatic carbocycles. The van der Waals surface area contributed by atoms with E-state index in [-0.39, 0.29) is 5.96 Å². The highest BCUT2D eigenvalue weighted by Crippen LogP contribution is 2.23. The average molecular weight is 262 g/mol. The van der Waals surface area contributed by atoms with E-state index in [1.165, 1.54) is 10.5 Å². The van der Waals surface area contributed by atoms with E-state index in [0.717, 1.165) is 30.5 Å². The van der Waals surface area contributed by atoms with Gasteiger partial charge in [0.2, 0.25) is 0 Å². The predicted octanol–water partition coefficient (Wildman–Crippen LogP) is 2.03. The Hall–Kier alpha value is -2.04. The molecule has 4 N–H and O–H groups in total. The molecule has 1 rings (SSSR count). The summed E-state index contributed by atoms with van der Waals surface area (Å²) in [4.78, 5) is 16.9. The minimum Gasteiger partial charge on any atom is -0.370 e. The summed E-state index contributed by atoms with van der Waals surface area (Å²) in [7, 11) is 1.68. The maximum atomic E-state index is 11.8. The van der Waals surface area contributed by atoms with Crippen molar-refractivity contribution in [3.63, 3.8) is 0 Å². The fourth-order valence-corrected chi connectivity index (χ4v) is 1.94. The molecule has 0 heterocycles. The number of amides is 2. The number of nitrogens with zero attached hydrogens (tertiary/aromatic N) is 2. The molecular formula is C14H22N4O. The van der Waals surface area contributed by atoms with Crippen molar-refractivity contribution in [2.24, 2.45) is 16.5 Å². The van der Waals surface area contributed by atoms with Crippen molar-refractivity contribution in [2.75, 3.05) is 11.9 Å². The number of carbonyl (C=O) groups is 1. The molecule has 0 saturated carbocycles. The van der Waals surface area contributed by atoms with E-state index in [0.29, 0.717) is 0 Å². The van der Waals surface area contributed by atoms with Gasteiger partial charge in [-0.3, -0.25) is 4.90 Å². The topological polar surface area (TPSA) is 84.7 Å². The van der Waals surface area contributed by atoms with Crippen LogP contribution in [0, 0.1) is 0 Å². The highest BCUT2D eigenvalue weighted by Gasteiger charge is 2.14. The Balaban J connectivity index is 3.11. The van der Waals surface area contributed by atoms with Crippen LogP contribution in [0.5, 0.6) is 0 Å². The summed E-state index contributed by atoms with van der Waals surface area (Å²) in [6.45, 7) is 4.22. The van der Waals surface area contributed by atoms with E-state index in [1.54, 1.807) is 7.05 Å². The van der Waals surface area contributed by atoms with Crippen LogP contribution in [0.15, 0.2) is 23.2 Å². The van der Waals surface area contributed by atoms with Crippen molar-refractivity contribution in [3.05, 3.63) is 29.3 Å². The lowest BCUT2D eigenvalue weighted by Gasteiger charge is -2.19. The number of guanidine groups is 1. The zero-order valence-corrected chi connectivity index (χ0v) is 11.8. The van der Waals surface area contributed by atoms with Crippen molar-refractivity contribution in [1.29, 1.82) is 0 Å². The van der Waals surface area contributed by atoms with Gasteiger partial charge in [-0.25, -0.2) is 4.79 Å². The third kappa shape index (κ3) is 3.98. The summed E-state index contributed by atoms with van der Waals surface area (Å²) in [5.74, 6) is -0.223. The molecule has 0 unspecified atom stereocenters. The van der Waals surface area contributed by atoms with Crippen molar-refractivity contribution in [2.45, 2.75) is 33.1 Å². The highest BCUT2D eigenvalue weighted by molar-refractivity contribution is 5.99. The van der Waals surface area contributed by atoms with Gasteiger partial charge in [0, 0.05) is 12.7 Å². The molecule has 0 aromatic heterocycles. The molecule has 0 atom stereocenters. The highest BCUT2D eigenvalue weighted by atomic mass is 16.2. The van der Waals surface area contributed by atoms with Crippen LogP contribution in [-0.2, 0) is 12.8 Å². The fraction of sp³-hybridized carbons (Fsp3) is 0.429. The van der Waals surface area contributed by atoms with Gasteiger partial charge in [0.25, 0.3) is 0 Å². The number of aryl methyl sites for hydroxylation is 2. The van der Waals surface area contributed by atoms with Crippen LogP contribution in [0.2, 0.25) is 0 Å². The normalized spacial score (nSPS) is 10.1. The van der Waals surface area contributed by atoms with Gasteiger partial charge in [-0.1, -0.05) is 32.4 Å². The van der Waals surface area contributed by atoms with Gasteiger partial charge >= 0.3 is 6.03 Å². The van der Waals surface area contributed by atoms with Gasteiger partial charge in [-0.15, -0.1) is 0 Å². The molecule has 19 heavy (non-hydrogen) atoms. The summed E-state index contributed by atoms with van der Waals surface area (Å²) in [6.07, 6.45) is 2.91. The number of urea groups is 1.